The van der Waals surface area contributed by atoms with Gasteiger partial charge in [-0.1, -0.05) is 12.1 Å². The highest BCUT2D eigenvalue weighted by atomic mass is 35.5. The maximum absolute atomic E-state index is 11.6. The van der Waals surface area contributed by atoms with Crippen LogP contribution in [0.2, 0.25) is 0 Å². The Balaban J connectivity index is 2.43. The first kappa shape index (κ1) is 14.8. The number of benzene rings is 1. The van der Waals surface area contributed by atoms with Crippen LogP contribution >= 0.6 is 11.6 Å². The summed E-state index contributed by atoms with van der Waals surface area (Å²) in [6.45, 7) is 1.97. The van der Waals surface area contributed by atoms with Gasteiger partial charge in [0.25, 0.3) is 0 Å². The molecule has 4 heteroatoms. The van der Waals surface area contributed by atoms with Gasteiger partial charge in [0.1, 0.15) is 5.75 Å². The van der Waals surface area contributed by atoms with E-state index in [1.807, 2.05) is 31.2 Å². The summed E-state index contributed by atoms with van der Waals surface area (Å²) in [5.74, 6) is 1.50. The maximum atomic E-state index is 11.6. The van der Waals surface area contributed by atoms with Crippen molar-refractivity contribution in [3.8, 4) is 5.75 Å². The molecule has 0 saturated carbocycles. The molecule has 0 unspecified atom stereocenters. The fraction of sp³-hybridized carbons (Fsp3) is 0.500. The van der Waals surface area contributed by atoms with Crippen molar-refractivity contribution >= 4 is 17.5 Å². The highest BCUT2D eigenvalue weighted by molar-refractivity contribution is 6.17. The standard InChI is InChI=1S/C14H20ClNO2/c1-11(16-14(17)5-3-4-10-15)12-6-8-13(18-2)9-7-12/h6-9,11H,3-5,10H2,1-2H3,(H,16,17)/t11-/m1/s1. The minimum absolute atomic E-state index is 0.0133. The van der Waals surface area contributed by atoms with Crippen molar-refractivity contribution < 1.29 is 9.53 Å². The summed E-state index contributed by atoms with van der Waals surface area (Å²) in [4.78, 5) is 11.6. The SMILES string of the molecule is COc1ccc([C@@H](C)NC(=O)CCCCCl)cc1. The molecule has 1 aromatic carbocycles. The summed E-state index contributed by atoms with van der Waals surface area (Å²) in [5, 5.41) is 2.97. The largest absolute Gasteiger partial charge is 0.497 e. The molecule has 0 aliphatic carbocycles. The number of rotatable bonds is 7. The summed E-state index contributed by atoms with van der Waals surface area (Å²) in [5.41, 5.74) is 1.07. The predicted octanol–water partition coefficient (Wildman–Crippen LogP) is 3.28. The number of carbonyl (C=O) groups is 1. The highest BCUT2D eigenvalue weighted by Gasteiger charge is 2.09. The Morgan fingerprint density at radius 2 is 2.00 bits per heavy atom. The van der Waals surface area contributed by atoms with Gasteiger partial charge in [-0.05, 0) is 37.5 Å². The lowest BCUT2D eigenvalue weighted by Crippen LogP contribution is -2.26. The van der Waals surface area contributed by atoms with Gasteiger partial charge in [0.15, 0.2) is 0 Å². The van der Waals surface area contributed by atoms with Crippen molar-refractivity contribution in [2.45, 2.75) is 32.2 Å². The zero-order valence-electron chi connectivity index (χ0n) is 10.9. The minimum Gasteiger partial charge on any atom is -0.497 e. The second-order valence-corrected chi connectivity index (χ2v) is 4.59. The van der Waals surface area contributed by atoms with Gasteiger partial charge in [0.2, 0.25) is 5.91 Å². The number of amides is 1. The first-order valence-corrected chi connectivity index (χ1v) is 6.70. The van der Waals surface area contributed by atoms with Crippen LogP contribution in [0.1, 0.15) is 37.8 Å². The summed E-state index contributed by atoms with van der Waals surface area (Å²) in [6.07, 6.45) is 2.25. The lowest BCUT2D eigenvalue weighted by Gasteiger charge is -2.14. The van der Waals surface area contributed by atoms with Gasteiger partial charge < -0.3 is 10.1 Å². The number of carbonyl (C=O) groups excluding carboxylic acids is 1. The van der Waals surface area contributed by atoms with Gasteiger partial charge >= 0.3 is 0 Å². The topological polar surface area (TPSA) is 38.3 Å². The Morgan fingerprint density at radius 3 is 2.56 bits per heavy atom. The normalized spacial score (nSPS) is 11.9. The Labute approximate surface area is 113 Å². The number of halogens is 1. The third-order valence-corrected chi connectivity index (χ3v) is 3.05. The average Bonchev–Trinajstić information content (AvgIpc) is 2.39. The van der Waals surface area contributed by atoms with Crippen LogP contribution in [0.15, 0.2) is 24.3 Å². The number of unbranched alkanes of at least 4 members (excludes halogenated alkanes) is 1. The fourth-order valence-electron chi connectivity index (χ4n) is 1.67. The van der Waals surface area contributed by atoms with E-state index in [0.29, 0.717) is 12.3 Å². The number of hydrogen-bond donors (Lipinski definition) is 1. The molecule has 3 nitrogen and oxygen atoms in total. The summed E-state index contributed by atoms with van der Waals surface area (Å²) < 4.78 is 5.10. The third kappa shape index (κ3) is 4.96. The average molecular weight is 270 g/mol. The molecule has 0 fully saturated rings. The van der Waals surface area contributed by atoms with E-state index in [9.17, 15) is 4.79 Å². The van der Waals surface area contributed by atoms with E-state index in [4.69, 9.17) is 16.3 Å². The van der Waals surface area contributed by atoms with E-state index in [1.54, 1.807) is 7.11 Å². The molecule has 0 spiro atoms. The van der Waals surface area contributed by atoms with Crippen LogP contribution in [0, 0.1) is 0 Å². The van der Waals surface area contributed by atoms with Gasteiger partial charge in [0, 0.05) is 12.3 Å². The van der Waals surface area contributed by atoms with Crippen molar-refractivity contribution in [1.82, 2.24) is 5.32 Å². The van der Waals surface area contributed by atoms with Crippen LogP contribution < -0.4 is 10.1 Å². The van der Waals surface area contributed by atoms with Crippen LogP contribution in [0.4, 0.5) is 0 Å². The molecule has 1 atom stereocenters. The molecule has 18 heavy (non-hydrogen) atoms. The second-order valence-electron chi connectivity index (χ2n) is 4.21. The molecule has 0 bridgehead atoms. The molecule has 0 aromatic heterocycles. The van der Waals surface area contributed by atoms with Gasteiger partial charge in [-0.3, -0.25) is 4.79 Å². The number of hydrogen-bond acceptors (Lipinski definition) is 2. The number of alkyl halides is 1. The lowest BCUT2D eigenvalue weighted by atomic mass is 10.1. The smallest absolute Gasteiger partial charge is 0.220 e. The molecule has 0 radical (unpaired) electrons. The molecular formula is C14H20ClNO2. The molecule has 1 aromatic rings. The van der Waals surface area contributed by atoms with Gasteiger partial charge in [0.05, 0.1) is 13.2 Å². The monoisotopic (exact) mass is 269 g/mol. The van der Waals surface area contributed by atoms with Crippen LogP contribution in [0.5, 0.6) is 5.75 Å². The van der Waals surface area contributed by atoms with Crippen molar-refractivity contribution in [3.05, 3.63) is 29.8 Å². The van der Waals surface area contributed by atoms with E-state index in [2.05, 4.69) is 5.32 Å². The van der Waals surface area contributed by atoms with Crippen molar-refractivity contribution in [2.75, 3.05) is 13.0 Å². The molecule has 100 valence electrons. The summed E-state index contributed by atoms with van der Waals surface area (Å²) in [7, 11) is 1.64. The van der Waals surface area contributed by atoms with E-state index in [-0.39, 0.29) is 11.9 Å². The van der Waals surface area contributed by atoms with Crippen molar-refractivity contribution in [3.63, 3.8) is 0 Å². The van der Waals surface area contributed by atoms with E-state index in [0.717, 1.165) is 24.2 Å². The number of ether oxygens (including phenoxy) is 1. The van der Waals surface area contributed by atoms with Gasteiger partial charge in [-0.15, -0.1) is 11.6 Å². The maximum Gasteiger partial charge on any atom is 0.220 e. The molecule has 0 aliphatic heterocycles. The molecule has 0 saturated heterocycles. The molecule has 0 heterocycles. The molecule has 1 rings (SSSR count). The number of methoxy groups -OCH3 is 1. The molecule has 0 aliphatic rings. The summed E-state index contributed by atoms with van der Waals surface area (Å²) in [6, 6.07) is 7.72. The van der Waals surface area contributed by atoms with Crippen LogP contribution in [-0.4, -0.2) is 18.9 Å². The van der Waals surface area contributed by atoms with Crippen molar-refractivity contribution in [2.24, 2.45) is 0 Å². The minimum atomic E-state index is 0.0133. The Hall–Kier alpha value is -1.22. The van der Waals surface area contributed by atoms with E-state index < -0.39 is 0 Å². The zero-order valence-corrected chi connectivity index (χ0v) is 11.7. The van der Waals surface area contributed by atoms with Crippen LogP contribution in [-0.2, 0) is 4.79 Å². The first-order chi connectivity index (χ1) is 8.67. The zero-order chi connectivity index (χ0) is 13.4. The fourth-order valence-corrected chi connectivity index (χ4v) is 1.86. The Morgan fingerprint density at radius 1 is 1.33 bits per heavy atom. The molecule has 1 N–H and O–H groups in total. The molecular weight excluding hydrogens is 250 g/mol. The van der Waals surface area contributed by atoms with Crippen molar-refractivity contribution in [1.29, 1.82) is 0 Å². The Kier molecular flexibility index (Phi) is 6.58. The van der Waals surface area contributed by atoms with Crippen LogP contribution in [0.3, 0.4) is 0 Å². The molecule has 1 amide bonds. The highest BCUT2D eigenvalue weighted by Crippen LogP contribution is 2.17. The second kappa shape index (κ2) is 7.98. The van der Waals surface area contributed by atoms with E-state index >= 15 is 0 Å². The van der Waals surface area contributed by atoms with Gasteiger partial charge in [-0.2, -0.15) is 0 Å². The van der Waals surface area contributed by atoms with E-state index in [1.165, 1.54) is 0 Å². The van der Waals surface area contributed by atoms with Gasteiger partial charge in [-0.25, -0.2) is 0 Å². The van der Waals surface area contributed by atoms with Crippen LogP contribution in [0.25, 0.3) is 0 Å². The predicted molar refractivity (Wildman–Crippen MR) is 74.1 cm³/mol. The quantitative estimate of drug-likeness (QED) is 0.609. The number of nitrogens with one attached hydrogen (secondary N) is 1. The third-order valence-electron chi connectivity index (χ3n) is 2.78. The summed E-state index contributed by atoms with van der Waals surface area (Å²) >= 11 is 5.57. The first-order valence-electron chi connectivity index (χ1n) is 6.16. The lowest BCUT2D eigenvalue weighted by molar-refractivity contribution is -0.121. The Bertz CT molecular complexity index is 365.